The van der Waals surface area contributed by atoms with E-state index in [1.54, 1.807) is 26.8 Å². The van der Waals surface area contributed by atoms with Crippen LogP contribution in [0, 0.1) is 24.0 Å². The third-order valence-corrected chi connectivity index (χ3v) is 2.24. The highest BCUT2D eigenvalue weighted by Gasteiger charge is 2.18. The van der Waals surface area contributed by atoms with Crippen LogP contribution in [0.4, 0.5) is 11.4 Å². The molecule has 0 radical (unpaired) electrons. The largest absolute Gasteiger partial charge is 0.320 e. The summed E-state index contributed by atoms with van der Waals surface area (Å²) in [6, 6.07) is 3.26. The Morgan fingerprint density at radius 1 is 1.44 bits per heavy atom. The first-order valence-electron chi connectivity index (χ1n) is 5.01. The maximum atomic E-state index is 11.3. The first-order valence-corrected chi connectivity index (χ1v) is 5.01. The van der Waals surface area contributed by atoms with E-state index in [9.17, 15) is 14.9 Å². The van der Waals surface area contributed by atoms with Gasteiger partial charge in [-0.15, -0.1) is 0 Å². The zero-order chi connectivity index (χ0) is 12.3. The standard InChI is InChI=1S/C11H14N2O3/c1-4-10(14)12-11-8(3)5-7(2)6-9(11)13(15)16/h5-6H,4H2,1-3H3,(H,12,14). The smallest absolute Gasteiger partial charge is 0.293 e. The molecule has 1 rings (SSSR count). The second-order valence-corrected chi connectivity index (χ2v) is 3.63. The fourth-order valence-electron chi connectivity index (χ4n) is 1.48. The van der Waals surface area contributed by atoms with Crippen LogP contribution in [0.25, 0.3) is 0 Å². The molecule has 5 heteroatoms. The molecule has 0 aromatic heterocycles. The first-order chi connectivity index (χ1) is 7.45. The highest BCUT2D eigenvalue weighted by atomic mass is 16.6. The molecule has 1 aromatic rings. The molecule has 16 heavy (non-hydrogen) atoms. The number of anilines is 1. The van der Waals surface area contributed by atoms with E-state index in [1.807, 2.05) is 0 Å². The number of hydrogen-bond donors (Lipinski definition) is 1. The molecule has 0 aliphatic rings. The number of nitrogens with zero attached hydrogens (tertiary/aromatic N) is 1. The lowest BCUT2D eigenvalue weighted by Crippen LogP contribution is -2.12. The van der Waals surface area contributed by atoms with Crippen LogP contribution in [0.15, 0.2) is 12.1 Å². The summed E-state index contributed by atoms with van der Waals surface area (Å²) >= 11 is 0. The van der Waals surface area contributed by atoms with Gasteiger partial charge in [0.1, 0.15) is 5.69 Å². The van der Waals surface area contributed by atoms with Crippen molar-refractivity contribution in [3.63, 3.8) is 0 Å². The van der Waals surface area contributed by atoms with Crippen molar-refractivity contribution in [2.24, 2.45) is 0 Å². The minimum atomic E-state index is -0.481. The molecule has 1 amide bonds. The number of hydrogen-bond acceptors (Lipinski definition) is 3. The van der Waals surface area contributed by atoms with Crippen molar-refractivity contribution >= 4 is 17.3 Å². The zero-order valence-corrected chi connectivity index (χ0v) is 9.53. The van der Waals surface area contributed by atoms with Gasteiger partial charge in [0.15, 0.2) is 0 Å². The molecule has 1 aromatic carbocycles. The van der Waals surface area contributed by atoms with Crippen molar-refractivity contribution in [3.05, 3.63) is 33.4 Å². The van der Waals surface area contributed by atoms with Gasteiger partial charge in [-0.2, -0.15) is 0 Å². The van der Waals surface area contributed by atoms with Crippen LogP contribution < -0.4 is 5.32 Å². The van der Waals surface area contributed by atoms with Gasteiger partial charge in [-0.25, -0.2) is 0 Å². The van der Waals surface area contributed by atoms with Crippen molar-refractivity contribution < 1.29 is 9.72 Å². The molecule has 0 unspecified atom stereocenters. The Morgan fingerprint density at radius 3 is 2.56 bits per heavy atom. The van der Waals surface area contributed by atoms with Gasteiger partial charge in [0.2, 0.25) is 5.91 Å². The lowest BCUT2D eigenvalue weighted by Gasteiger charge is -2.09. The third kappa shape index (κ3) is 2.56. The monoisotopic (exact) mass is 222 g/mol. The van der Waals surface area contributed by atoms with E-state index in [-0.39, 0.29) is 11.6 Å². The Morgan fingerprint density at radius 2 is 2.06 bits per heavy atom. The van der Waals surface area contributed by atoms with E-state index < -0.39 is 4.92 Å². The van der Waals surface area contributed by atoms with Crippen molar-refractivity contribution in [3.8, 4) is 0 Å². The molecule has 0 fully saturated rings. The molecule has 0 bridgehead atoms. The second kappa shape index (κ2) is 4.74. The highest BCUT2D eigenvalue weighted by molar-refractivity contribution is 5.94. The number of amides is 1. The molecule has 0 saturated heterocycles. The topological polar surface area (TPSA) is 72.2 Å². The van der Waals surface area contributed by atoms with Crippen molar-refractivity contribution in [2.75, 3.05) is 5.32 Å². The van der Waals surface area contributed by atoms with Crippen LogP contribution in [-0.2, 0) is 4.79 Å². The zero-order valence-electron chi connectivity index (χ0n) is 9.53. The molecule has 1 N–H and O–H groups in total. The van der Waals surface area contributed by atoms with Crippen LogP contribution in [0.1, 0.15) is 24.5 Å². The third-order valence-electron chi connectivity index (χ3n) is 2.24. The molecule has 0 aliphatic carbocycles. The number of carbonyl (C=O) groups excluding carboxylic acids is 1. The summed E-state index contributed by atoms with van der Waals surface area (Å²) in [5.41, 5.74) is 1.74. The maximum absolute atomic E-state index is 11.3. The SMILES string of the molecule is CCC(=O)Nc1c(C)cc(C)cc1[N+](=O)[O-]. The summed E-state index contributed by atoms with van der Waals surface area (Å²) in [6.45, 7) is 5.22. The Hall–Kier alpha value is -1.91. The Kier molecular flexibility index (Phi) is 3.60. The van der Waals surface area contributed by atoms with Gasteiger partial charge in [0.25, 0.3) is 5.69 Å². The van der Waals surface area contributed by atoms with Crippen LogP contribution in [0.2, 0.25) is 0 Å². The molecule has 0 atom stereocenters. The number of nitrogens with one attached hydrogen (secondary N) is 1. The molecule has 0 aliphatic heterocycles. The van der Waals surface area contributed by atoms with Crippen molar-refractivity contribution in [1.29, 1.82) is 0 Å². The number of carbonyl (C=O) groups is 1. The fraction of sp³-hybridized carbons (Fsp3) is 0.364. The molecule has 0 heterocycles. The molecular formula is C11H14N2O3. The van der Waals surface area contributed by atoms with Crippen molar-refractivity contribution in [1.82, 2.24) is 0 Å². The van der Waals surface area contributed by atoms with E-state index >= 15 is 0 Å². The maximum Gasteiger partial charge on any atom is 0.293 e. The van der Waals surface area contributed by atoms with Gasteiger partial charge < -0.3 is 5.32 Å². The number of benzene rings is 1. The summed E-state index contributed by atoms with van der Waals surface area (Å²) in [6.07, 6.45) is 0.296. The molecule has 0 saturated carbocycles. The van der Waals surface area contributed by atoms with E-state index in [0.717, 1.165) is 5.56 Å². The molecule has 5 nitrogen and oxygen atoms in total. The normalized spacial score (nSPS) is 9.94. The number of nitro groups is 1. The van der Waals surface area contributed by atoms with Gasteiger partial charge >= 0.3 is 0 Å². The van der Waals surface area contributed by atoms with Crippen LogP contribution >= 0.6 is 0 Å². The second-order valence-electron chi connectivity index (χ2n) is 3.63. The summed E-state index contributed by atoms with van der Waals surface area (Å²) in [5, 5.41) is 13.4. The number of nitro benzene ring substituents is 1. The van der Waals surface area contributed by atoms with E-state index in [4.69, 9.17) is 0 Å². The minimum absolute atomic E-state index is 0.0562. The quantitative estimate of drug-likeness (QED) is 0.631. The molecule has 0 spiro atoms. The van der Waals surface area contributed by atoms with Gasteiger partial charge in [-0.3, -0.25) is 14.9 Å². The van der Waals surface area contributed by atoms with Gasteiger partial charge in [0, 0.05) is 12.5 Å². The Labute approximate surface area is 93.6 Å². The van der Waals surface area contributed by atoms with E-state index in [0.29, 0.717) is 17.7 Å². The lowest BCUT2D eigenvalue weighted by molar-refractivity contribution is -0.384. The predicted molar refractivity (Wildman–Crippen MR) is 61.5 cm³/mol. The highest BCUT2D eigenvalue weighted by Crippen LogP contribution is 2.29. The Bertz CT molecular complexity index is 441. The number of rotatable bonds is 3. The summed E-state index contributed by atoms with van der Waals surface area (Å²) < 4.78 is 0. The average Bonchev–Trinajstić information content (AvgIpc) is 2.20. The first kappa shape index (κ1) is 12.2. The lowest BCUT2D eigenvalue weighted by atomic mass is 10.1. The summed E-state index contributed by atoms with van der Waals surface area (Å²) in [4.78, 5) is 21.6. The van der Waals surface area contributed by atoms with Crippen LogP contribution in [0.5, 0.6) is 0 Å². The number of aryl methyl sites for hydroxylation is 2. The van der Waals surface area contributed by atoms with Crippen LogP contribution in [0.3, 0.4) is 0 Å². The fourth-order valence-corrected chi connectivity index (χ4v) is 1.48. The van der Waals surface area contributed by atoms with Crippen LogP contribution in [-0.4, -0.2) is 10.8 Å². The molecule has 86 valence electrons. The van der Waals surface area contributed by atoms with E-state index in [2.05, 4.69) is 5.32 Å². The van der Waals surface area contributed by atoms with Gasteiger partial charge in [0.05, 0.1) is 4.92 Å². The summed E-state index contributed by atoms with van der Waals surface area (Å²) in [5.74, 6) is -0.227. The molecular weight excluding hydrogens is 208 g/mol. The Balaban J connectivity index is 3.24. The van der Waals surface area contributed by atoms with Crippen molar-refractivity contribution in [2.45, 2.75) is 27.2 Å². The van der Waals surface area contributed by atoms with Gasteiger partial charge in [-0.05, 0) is 25.0 Å². The predicted octanol–water partition coefficient (Wildman–Crippen LogP) is 2.56. The average molecular weight is 222 g/mol. The van der Waals surface area contributed by atoms with E-state index in [1.165, 1.54) is 6.07 Å². The minimum Gasteiger partial charge on any atom is -0.320 e. The summed E-state index contributed by atoms with van der Waals surface area (Å²) in [7, 11) is 0. The van der Waals surface area contributed by atoms with Gasteiger partial charge in [-0.1, -0.05) is 13.0 Å².